The Morgan fingerprint density at radius 1 is 1.27 bits per heavy atom. The number of hydrogen-bond donors (Lipinski definition) is 1. The average molecular weight is 313 g/mol. The van der Waals surface area contributed by atoms with E-state index >= 15 is 0 Å². The maximum Gasteiger partial charge on any atom is 0.266 e. The molecule has 2 aromatic rings. The van der Waals surface area contributed by atoms with Crippen LogP contribution in [-0.2, 0) is 4.79 Å². The number of ether oxygens (including phenoxy) is 1. The molecule has 0 unspecified atom stereocenters. The Morgan fingerprint density at radius 2 is 2.00 bits per heavy atom. The van der Waals surface area contributed by atoms with Gasteiger partial charge in [-0.05, 0) is 36.4 Å². The van der Waals surface area contributed by atoms with E-state index in [9.17, 15) is 10.1 Å². The molecule has 1 N–H and O–H groups in total. The van der Waals surface area contributed by atoms with Crippen molar-refractivity contribution in [3.05, 3.63) is 64.7 Å². The number of carbonyl (C=O) groups excluding carboxylic acids is 1. The maximum absolute atomic E-state index is 12.2. The maximum atomic E-state index is 12.2. The lowest BCUT2D eigenvalue weighted by molar-refractivity contribution is -0.112. The highest BCUT2D eigenvalue weighted by atomic mass is 35.5. The lowest BCUT2D eigenvalue weighted by Gasteiger charge is -2.07. The minimum atomic E-state index is -0.490. The van der Waals surface area contributed by atoms with Crippen molar-refractivity contribution in [2.75, 3.05) is 12.4 Å². The molecule has 5 heteroatoms. The summed E-state index contributed by atoms with van der Waals surface area (Å²) in [6.07, 6.45) is 1.45. The quantitative estimate of drug-likeness (QED) is 0.688. The number of nitriles is 1. The van der Waals surface area contributed by atoms with E-state index in [1.807, 2.05) is 12.1 Å². The number of halogens is 1. The van der Waals surface area contributed by atoms with Gasteiger partial charge >= 0.3 is 0 Å². The fourth-order valence-corrected chi connectivity index (χ4v) is 2.02. The Hall–Kier alpha value is -2.77. The molecule has 0 fully saturated rings. The minimum Gasteiger partial charge on any atom is -0.496 e. The zero-order valence-electron chi connectivity index (χ0n) is 11.8. The molecule has 0 aromatic heterocycles. The number of benzene rings is 2. The van der Waals surface area contributed by atoms with Crippen molar-refractivity contribution in [1.29, 1.82) is 5.26 Å². The SMILES string of the molecule is COc1ccc(Cl)cc1C=C(C#N)C(=O)Nc1ccccc1. The summed E-state index contributed by atoms with van der Waals surface area (Å²) in [5.41, 5.74) is 1.14. The molecule has 1 amide bonds. The molecule has 4 nitrogen and oxygen atoms in total. The molecule has 0 atom stereocenters. The van der Waals surface area contributed by atoms with Crippen molar-refractivity contribution >= 4 is 29.3 Å². The van der Waals surface area contributed by atoms with Crippen molar-refractivity contribution in [2.24, 2.45) is 0 Å². The lowest BCUT2D eigenvalue weighted by Crippen LogP contribution is -2.13. The smallest absolute Gasteiger partial charge is 0.266 e. The van der Waals surface area contributed by atoms with Gasteiger partial charge in [0.2, 0.25) is 0 Å². The van der Waals surface area contributed by atoms with Gasteiger partial charge < -0.3 is 10.1 Å². The van der Waals surface area contributed by atoms with E-state index in [0.29, 0.717) is 22.0 Å². The molecule has 0 aliphatic heterocycles. The second-order valence-electron chi connectivity index (χ2n) is 4.38. The molecule has 22 heavy (non-hydrogen) atoms. The normalized spacial score (nSPS) is 10.7. The minimum absolute atomic E-state index is 0.0376. The highest BCUT2D eigenvalue weighted by Crippen LogP contribution is 2.25. The van der Waals surface area contributed by atoms with Crippen LogP contribution in [0.4, 0.5) is 5.69 Å². The summed E-state index contributed by atoms with van der Waals surface area (Å²) in [6.45, 7) is 0. The predicted molar refractivity (Wildman–Crippen MR) is 86.7 cm³/mol. The third-order valence-electron chi connectivity index (χ3n) is 2.89. The van der Waals surface area contributed by atoms with E-state index in [2.05, 4.69) is 5.32 Å². The van der Waals surface area contributed by atoms with E-state index in [0.717, 1.165) is 0 Å². The number of carbonyl (C=O) groups is 1. The number of rotatable bonds is 4. The van der Waals surface area contributed by atoms with E-state index in [1.165, 1.54) is 13.2 Å². The van der Waals surface area contributed by atoms with Gasteiger partial charge in [0.1, 0.15) is 17.4 Å². The molecule has 0 aliphatic carbocycles. The first kappa shape index (κ1) is 15.6. The number of nitrogens with one attached hydrogen (secondary N) is 1. The second kappa shape index (κ2) is 7.30. The predicted octanol–water partition coefficient (Wildman–Crippen LogP) is 3.89. The van der Waals surface area contributed by atoms with E-state index in [-0.39, 0.29) is 5.57 Å². The first-order valence-electron chi connectivity index (χ1n) is 6.46. The molecule has 0 bridgehead atoms. The molecule has 2 rings (SSSR count). The van der Waals surface area contributed by atoms with Crippen molar-refractivity contribution < 1.29 is 9.53 Å². The number of nitrogens with zero attached hydrogens (tertiary/aromatic N) is 1. The number of hydrogen-bond acceptors (Lipinski definition) is 3. The van der Waals surface area contributed by atoms with E-state index < -0.39 is 5.91 Å². The summed E-state index contributed by atoms with van der Waals surface area (Å²) < 4.78 is 5.20. The van der Waals surface area contributed by atoms with Gasteiger partial charge in [-0.15, -0.1) is 0 Å². The average Bonchev–Trinajstić information content (AvgIpc) is 2.53. The van der Waals surface area contributed by atoms with Crippen LogP contribution >= 0.6 is 11.6 Å². The van der Waals surface area contributed by atoms with Gasteiger partial charge in [-0.3, -0.25) is 4.79 Å². The van der Waals surface area contributed by atoms with Gasteiger partial charge in [0, 0.05) is 16.3 Å². The number of para-hydroxylation sites is 1. The number of anilines is 1. The van der Waals surface area contributed by atoms with Gasteiger partial charge in [-0.2, -0.15) is 5.26 Å². The molecule has 0 heterocycles. The Balaban J connectivity index is 2.30. The molecule has 110 valence electrons. The van der Waals surface area contributed by atoms with Crippen molar-refractivity contribution in [3.63, 3.8) is 0 Å². The highest BCUT2D eigenvalue weighted by molar-refractivity contribution is 6.30. The van der Waals surface area contributed by atoms with E-state index in [4.69, 9.17) is 16.3 Å². The second-order valence-corrected chi connectivity index (χ2v) is 4.81. The van der Waals surface area contributed by atoms with Crippen LogP contribution in [0.5, 0.6) is 5.75 Å². The van der Waals surface area contributed by atoms with Crippen LogP contribution < -0.4 is 10.1 Å². The summed E-state index contributed by atoms with van der Waals surface area (Å²) in [5, 5.41) is 12.4. The monoisotopic (exact) mass is 312 g/mol. The molecular weight excluding hydrogens is 300 g/mol. The van der Waals surface area contributed by atoms with Crippen molar-refractivity contribution in [3.8, 4) is 11.8 Å². The zero-order chi connectivity index (χ0) is 15.9. The van der Waals surface area contributed by atoms with Gasteiger partial charge in [-0.25, -0.2) is 0 Å². The Morgan fingerprint density at radius 3 is 2.64 bits per heavy atom. The summed E-state index contributed by atoms with van der Waals surface area (Å²) in [5.74, 6) is 0.0420. The fraction of sp³-hybridized carbons (Fsp3) is 0.0588. The Bertz CT molecular complexity index is 749. The number of methoxy groups -OCH3 is 1. The first-order chi connectivity index (χ1) is 10.6. The Kier molecular flexibility index (Phi) is 5.18. The topological polar surface area (TPSA) is 62.1 Å². The molecule has 0 saturated heterocycles. The van der Waals surface area contributed by atoms with Crippen molar-refractivity contribution in [2.45, 2.75) is 0 Å². The molecular formula is C17H13ClN2O2. The molecule has 2 aromatic carbocycles. The summed E-state index contributed by atoms with van der Waals surface area (Å²) >= 11 is 5.94. The molecule has 0 radical (unpaired) electrons. The van der Waals surface area contributed by atoms with Crippen LogP contribution in [0.25, 0.3) is 6.08 Å². The molecule has 0 aliphatic rings. The standard InChI is InChI=1S/C17H13ClN2O2/c1-22-16-8-7-14(18)10-12(16)9-13(11-19)17(21)20-15-5-3-2-4-6-15/h2-10H,1H3,(H,20,21). The van der Waals surface area contributed by atoms with Crippen LogP contribution in [-0.4, -0.2) is 13.0 Å². The third kappa shape index (κ3) is 3.87. The summed E-state index contributed by atoms with van der Waals surface area (Å²) in [6, 6.07) is 15.8. The van der Waals surface area contributed by atoms with Crippen LogP contribution in [0.2, 0.25) is 5.02 Å². The van der Waals surface area contributed by atoms with E-state index in [1.54, 1.807) is 42.5 Å². The highest BCUT2D eigenvalue weighted by Gasteiger charge is 2.11. The van der Waals surface area contributed by atoms with Crippen LogP contribution in [0, 0.1) is 11.3 Å². The van der Waals surface area contributed by atoms with Gasteiger partial charge in [0.15, 0.2) is 0 Å². The van der Waals surface area contributed by atoms with Gasteiger partial charge in [0.25, 0.3) is 5.91 Å². The Labute approximate surface area is 133 Å². The number of amides is 1. The van der Waals surface area contributed by atoms with Gasteiger partial charge in [0.05, 0.1) is 7.11 Å². The summed E-state index contributed by atoms with van der Waals surface area (Å²) in [7, 11) is 1.51. The largest absolute Gasteiger partial charge is 0.496 e. The fourth-order valence-electron chi connectivity index (χ4n) is 1.84. The van der Waals surface area contributed by atoms with Gasteiger partial charge in [-0.1, -0.05) is 29.8 Å². The van der Waals surface area contributed by atoms with Crippen LogP contribution in [0.15, 0.2) is 54.1 Å². The molecule has 0 spiro atoms. The zero-order valence-corrected chi connectivity index (χ0v) is 12.6. The lowest BCUT2D eigenvalue weighted by atomic mass is 10.1. The summed E-state index contributed by atoms with van der Waals surface area (Å²) in [4.78, 5) is 12.2. The van der Waals surface area contributed by atoms with Crippen molar-refractivity contribution in [1.82, 2.24) is 0 Å². The third-order valence-corrected chi connectivity index (χ3v) is 3.12. The first-order valence-corrected chi connectivity index (χ1v) is 6.83. The van der Waals surface area contributed by atoms with Crippen LogP contribution in [0.3, 0.4) is 0 Å². The van der Waals surface area contributed by atoms with Crippen LogP contribution in [0.1, 0.15) is 5.56 Å². The molecule has 0 saturated carbocycles.